The third-order valence-corrected chi connectivity index (χ3v) is 4.18. The number of piperidine rings is 1. The van der Waals surface area contributed by atoms with E-state index in [0.29, 0.717) is 11.8 Å². The van der Waals surface area contributed by atoms with Gasteiger partial charge in [-0.1, -0.05) is 19.1 Å². The van der Waals surface area contributed by atoms with E-state index in [1.54, 1.807) is 0 Å². The lowest BCUT2D eigenvalue weighted by Gasteiger charge is -2.37. The molecule has 18 heavy (non-hydrogen) atoms. The van der Waals surface area contributed by atoms with Crippen LogP contribution in [-0.2, 0) is 6.54 Å². The number of aryl methyl sites for hydroxylation is 2. The summed E-state index contributed by atoms with van der Waals surface area (Å²) in [5.41, 5.74) is 3.30. The molecule has 2 unspecified atom stereocenters. The van der Waals surface area contributed by atoms with Gasteiger partial charge in [0.15, 0.2) is 0 Å². The summed E-state index contributed by atoms with van der Waals surface area (Å²) in [7, 11) is 0. The molecule has 1 aromatic carbocycles. The maximum absolute atomic E-state index is 9.82. The van der Waals surface area contributed by atoms with Crippen LogP contribution in [0.4, 0.5) is 0 Å². The van der Waals surface area contributed by atoms with Crippen molar-refractivity contribution in [1.29, 1.82) is 0 Å². The lowest BCUT2D eigenvalue weighted by molar-refractivity contribution is 0.117. The Morgan fingerprint density at radius 1 is 1.17 bits per heavy atom. The van der Waals surface area contributed by atoms with Gasteiger partial charge in [-0.05, 0) is 56.2 Å². The molecule has 2 atom stereocenters. The molecular formula is C16H25NO. The number of phenols is 1. The third kappa shape index (κ3) is 2.86. The van der Waals surface area contributed by atoms with Crippen LogP contribution >= 0.6 is 0 Å². The van der Waals surface area contributed by atoms with Gasteiger partial charge >= 0.3 is 0 Å². The standard InChI is InChI=1S/C16H25NO/c1-11-5-6-14(4)17(9-11)10-15-7-12(2)16(18)13(3)8-15/h7-8,11,14,18H,5-6,9-10H2,1-4H3. The molecule has 0 radical (unpaired) electrons. The van der Waals surface area contributed by atoms with Crippen molar-refractivity contribution < 1.29 is 5.11 Å². The number of likely N-dealkylation sites (tertiary alicyclic amines) is 1. The molecule has 1 saturated heterocycles. The van der Waals surface area contributed by atoms with Gasteiger partial charge in [0.1, 0.15) is 5.75 Å². The van der Waals surface area contributed by atoms with Crippen LogP contribution in [0.15, 0.2) is 12.1 Å². The summed E-state index contributed by atoms with van der Waals surface area (Å²) >= 11 is 0. The van der Waals surface area contributed by atoms with Gasteiger partial charge in [0.2, 0.25) is 0 Å². The average molecular weight is 247 g/mol. The van der Waals surface area contributed by atoms with Crippen molar-refractivity contribution in [3.63, 3.8) is 0 Å². The second-order valence-electron chi connectivity index (χ2n) is 6.04. The normalized spacial score (nSPS) is 25.3. The minimum atomic E-state index is 0.443. The molecule has 2 nitrogen and oxygen atoms in total. The molecule has 0 aromatic heterocycles. The van der Waals surface area contributed by atoms with Gasteiger partial charge in [0.25, 0.3) is 0 Å². The number of hydrogen-bond donors (Lipinski definition) is 1. The van der Waals surface area contributed by atoms with Crippen molar-refractivity contribution in [2.24, 2.45) is 5.92 Å². The second-order valence-corrected chi connectivity index (χ2v) is 6.04. The van der Waals surface area contributed by atoms with Crippen molar-refractivity contribution >= 4 is 0 Å². The number of rotatable bonds is 2. The molecule has 1 aliphatic heterocycles. The minimum Gasteiger partial charge on any atom is -0.507 e. The number of nitrogens with zero attached hydrogens (tertiary/aromatic N) is 1. The average Bonchev–Trinajstić information content (AvgIpc) is 2.31. The van der Waals surface area contributed by atoms with Crippen molar-refractivity contribution in [2.75, 3.05) is 6.54 Å². The summed E-state index contributed by atoms with van der Waals surface area (Å²) in [6, 6.07) is 4.92. The Hall–Kier alpha value is -1.02. The molecule has 0 bridgehead atoms. The Morgan fingerprint density at radius 3 is 2.39 bits per heavy atom. The maximum atomic E-state index is 9.82. The van der Waals surface area contributed by atoms with Crippen molar-refractivity contribution in [1.82, 2.24) is 4.90 Å². The van der Waals surface area contributed by atoms with Gasteiger partial charge in [-0.2, -0.15) is 0 Å². The summed E-state index contributed by atoms with van der Waals surface area (Å²) < 4.78 is 0. The van der Waals surface area contributed by atoms with Crippen LogP contribution in [-0.4, -0.2) is 22.6 Å². The largest absolute Gasteiger partial charge is 0.507 e. The van der Waals surface area contributed by atoms with E-state index in [-0.39, 0.29) is 0 Å². The quantitative estimate of drug-likeness (QED) is 0.862. The summed E-state index contributed by atoms with van der Waals surface area (Å²) in [6.07, 6.45) is 2.66. The van der Waals surface area contributed by atoms with E-state index in [2.05, 4.69) is 30.9 Å². The Bertz CT molecular complexity index is 404. The number of aromatic hydroxyl groups is 1. The van der Waals surface area contributed by atoms with E-state index in [4.69, 9.17) is 0 Å². The molecule has 2 rings (SSSR count). The first-order valence-electron chi connectivity index (χ1n) is 7.00. The third-order valence-electron chi connectivity index (χ3n) is 4.18. The van der Waals surface area contributed by atoms with Gasteiger partial charge in [-0.15, -0.1) is 0 Å². The van der Waals surface area contributed by atoms with E-state index >= 15 is 0 Å². The molecule has 0 aliphatic carbocycles. The van der Waals surface area contributed by atoms with Crippen LogP contribution in [0, 0.1) is 19.8 Å². The van der Waals surface area contributed by atoms with E-state index in [1.165, 1.54) is 24.9 Å². The van der Waals surface area contributed by atoms with Gasteiger partial charge < -0.3 is 5.11 Å². The molecule has 1 heterocycles. The SMILES string of the molecule is Cc1cc(CN2CC(C)CCC2C)cc(C)c1O. The van der Waals surface area contributed by atoms with Crippen LogP contribution in [0.1, 0.15) is 43.4 Å². The van der Waals surface area contributed by atoms with E-state index < -0.39 is 0 Å². The number of phenolic OH excluding ortho intramolecular Hbond substituents is 1. The van der Waals surface area contributed by atoms with Gasteiger partial charge in [0.05, 0.1) is 0 Å². The minimum absolute atomic E-state index is 0.443. The predicted octanol–water partition coefficient (Wildman–Crippen LogP) is 3.63. The smallest absolute Gasteiger partial charge is 0.121 e. The van der Waals surface area contributed by atoms with Crippen molar-refractivity contribution in [3.8, 4) is 5.75 Å². The monoisotopic (exact) mass is 247 g/mol. The van der Waals surface area contributed by atoms with E-state index in [1.807, 2.05) is 13.8 Å². The molecule has 100 valence electrons. The Kier molecular flexibility index (Phi) is 3.96. The molecule has 1 fully saturated rings. The fraction of sp³-hybridized carbons (Fsp3) is 0.625. The van der Waals surface area contributed by atoms with Gasteiger partial charge in [0, 0.05) is 19.1 Å². The first kappa shape index (κ1) is 13.4. The Labute approximate surface area is 111 Å². The first-order valence-corrected chi connectivity index (χ1v) is 7.00. The highest BCUT2D eigenvalue weighted by Gasteiger charge is 2.22. The topological polar surface area (TPSA) is 23.5 Å². The Morgan fingerprint density at radius 2 is 1.78 bits per heavy atom. The summed E-state index contributed by atoms with van der Waals surface area (Å²) in [5, 5.41) is 9.82. The van der Waals surface area contributed by atoms with Gasteiger partial charge in [-0.25, -0.2) is 0 Å². The highest BCUT2D eigenvalue weighted by molar-refractivity contribution is 5.42. The molecule has 1 aliphatic rings. The molecule has 1 aromatic rings. The van der Waals surface area contributed by atoms with Crippen LogP contribution in [0.25, 0.3) is 0 Å². The zero-order chi connectivity index (χ0) is 13.3. The van der Waals surface area contributed by atoms with Crippen LogP contribution in [0.5, 0.6) is 5.75 Å². The summed E-state index contributed by atoms with van der Waals surface area (Å²) in [5.74, 6) is 1.25. The van der Waals surface area contributed by atoms with Crippen molar-refractivity contribution in [3.05, 3.63) is 28.8 Å². The molecule has 2 heteroatoms. The van der Waals surface area contributed by atoms with Crippen LogP contribution in [0.3, 0.4) is 0 Å². The summed E-state index contributed by atoms with van der Waals surface area (Å²) in [4.78, 5) is 2.57. The summed E-state index contributed by atoms with van der Waals surface area (Å²) in [6.45, 7) is 10.8. The van der Waals surface area contributed by atoms with Crippen LogP contribution in [0.2, 0.25) is 0 Å². The number of hydrogen-bond acceptors (Lipinski definition) is 2. The second kappa shape index (κ2) is 5.31. The molecule has 1 N–H and O–H groups in total. The molecule has 0 saturated carbocycles. The molecular weight excluding hydrogens is 222 g/mol. The van der Waals surface area contributed by atoms with Gasteiger partial charge in [-0.3, -0.25) is 4.90 Å². The highest BCUT2D eigenvalue weighted by atomic mass is 16.3. The van der Waals surface area contributed by atoms with Crippen molar-refractivity contribution in [2.45, 2.75) is 53.1 Å². The number of benzene rings is 1. The fourth-order valence-electron chi connectivity index (χ4n) is 2.97. The lowest BCUT2D eigenvalue weighted by Crippen LogP contribution is -2.40. The lowest BCUT2D eigenvalue weighted by atomic mass is 9.94. The zero-order valence-corrected chi connectivity index (χ0v) is 12.0. The maximum Gasteiger partial charge on any atom is 0.121 e. The van der Waals surface area contributed by atoms with E-state index in [0.717, 1.165) is 23.6 Å². The first-order chi connectivity index (χ1) is 8.47. The molecule has 0 amide bonds. The highest BCUT2D eigenvalue weighted by Crippen LogP contribution is 2.27. The zero-order valence-electron chi connectivity index (χ0n) is 12.0. The predicted molar refractivity (Wildman–Crippen MR) is 75.9 cm³/mol. The van der Waals surface area contributed by atoms with Crippen LogP contribution < -0.4 is 0 Å². The fourth-order valence-corrected chi connectivity index (χ4v) is 2.97. The van der Waals surface area contributed by atoms with E-state index in [9.17, 15) is 5.11 Å². The molecule has 0 spiro atoms. The Balaban J connectivity index is 2.13.